The molecule has 1 unspecified atom stereocenters. The van der Waals surface area contributed by atoms with E-state index < -0.39 is 6.04 Å². The Morgan fingerprint density at radius 1 is 1.12 bits per heavy atom. The summed E-state index contributed by atoms with van der Waals surface area (Å²) in [6, 6.07) is 15.5. The van der Waals surface area contributed by atoms with Crippen LogP contribution >= 0.6 is 11.8 Å². The van der Waals surface area contributed by atoms with Gasteiger partial charge in [-0.1, -0.05) is 48.5 Å². The number of benzene rings is 2. The first-order chi connectivity index (χ1) is 12.5. The van der Waals surface area contributed by atoms with E-state index in [-0.39, 0.29) is 23.4 Å². The lowest BCUT2D eigenvalue weighted by Crippen LogP contribution is -2.47. The lowest BCUT2D eigenvalue weighted by molar-refractivity contribution is -0.138. The van der Waals surface area contributed by atoms with Gasteiger partial charge in [-0.05, 0) is 24.1 Å². The van der Waals surface area contributed by atoms with Crippen LogP contribution in [0.15, 0.2) is 54.6 Å². The number of carbonyl (C=O) groups excluding carboxylic acids is 2. The molecule has 2 amide bonds. The normalized spacial score (nSPS) is 11.7. The average Bonchev–Trinajstić information content (AvgIpc) is 2.67. The number of amides is 2. The van der Waals surface area contributed by atoms with Crippen LogP contribution in [0.5, 0.6) is 0 Å². The number of hydrogen-bond acceptors (Lipinski definition) is 3. The van der Waals surface area contributed by atoms with Crippen molar-refractivity contribution in [3.8, 4) is 0 Å². The molecule has 2 aromatic rings. The standard InChI is InChI=1S/C20H23FN2O2S/c1-15(20(25)22-2)23(12-16-8-4-3-5-9-16)19(24)14-26-13-17-10-6-7-11-18(17)21/h3-11,15H,12-14H2,1-2H3,(H,22,25). The molecule has 0 bridgehead atoms. The van der Waals surface area contributed by atoms with Crippen LogP contribution in [0, 0.1) is 5.82 Å². The summed E-state index contributed by atoms with van der Waals surface area (Å²) in [5.74, 6) is -0.0407. The average molecular weight is 374 g/mol. The predicted molar refractivity (Wildman–Crippen MR) is 103 cm³/mol. The molecule has 0 aliphatic heterocycles. The molecule has 0 fully saturated rings. The molecule has 0 heterocycles. The molecule has 1 N–H and O–H groups in total. The van der Waals surface area contributed by atoms with Crippen molar-refractivity contribution in [2.24, 2.45) is 0 Å². The summed E-state index contributed by atoms with van der Waals surface area (Å²) in [5.41, 5.74) is 1.52. The third kappa shape index (κ3) is 5.59. The summed E-state index contributed by atoms with van der Waals surface area (Å²) in [4.78, 5) is 26.3. The van der Waals surface area contributed by atoms with Crippen LogP contribution in [0.25, 0.3) is 0 Å². The number of likely N-dealkylation sites (N-methyl/N-ethyl adjacent to an activating group) is 1. The topological polar surface area (TPSA) is 49.4 Å². The number of nitrogens with one attached hydrogen (secondary N) is 1. The lowest BCUT2D eigenvalue weighted by Gasteiger charge is -2.28. The molecule has 26 heavy (non-hydrogen) atoms. The van der Waals surface area contributed by atoms with Crippen molar-refractivity contribution in [2.45, 2.75) is 25.3 Å². The summed E-state index contributed by atoms with van der Waals surface area (Å²) in [6.07, 6.45) is 0. The van der Waals surface area contributed by atoms with Gasteiger partial charge in [0.15, 0.2) is 0 Å². The predicted octanol–water partition coefficient (Wildman–Crippen LogP) is 3.22. The lowest BCUT2D eigenvalue weighted by atomic mass is 10.1. The van der Waals surface area contributed by atoms with Crippen molar-refractivity contribution in [3.63, 3.8) is 0 Å². The highest BCUT2D eigenvalue weighted by atomic mass is 32.2. The van der Waals surface area contributed by atoms with E-state index in [1.165, 1.54) is 17.8 Å². The molecule has 0 aliphatic rings. The molecule has 138 valence electrons. The van der Waals surface area contributed by atoms with Gasteiger partial charge in [-0.15, -0.1) is 11.8 Å². The van der Waals surface area contributed by atoms with Gasteiger partial charge in [-0.3, -0.25) is 9.59 Å². The number of rotatable bonds is 8. The zero-order valence-corrected chi connectivity index (χ0v) is 15.8. The van der Waals surface area contributed by atoms with Gasteiger partial charge in [0.1, 0.15) is 11.9 Å². The van der Waals surface area contributed by atoms with E-state index in [1.54, 1.807) is 37.1 Å². The Morgan fingerprint density at radius 2 is 1.77 bits per heavy atom. The molecule has 1 atom stereocenters. The van der Waals surface area contributed by atoms with Gasteiger partial charge in [-0.2, -0.15) is 0 Å². The van der Waals surface area contributed by atoms with E-state index in [1.807, 2.05) is 30.3 Å². The highest BCUT2D eigenvalue weighted by molar-refractivity contribution is 7.99. The maximum Gasteiger partial charge on any atom is 0.242 e. The fourth-order valence-electron chi connectivity index (χ4n) is 2.52. The maximum absolute atomic E-state index is 13.7. The van der Waals surface area contributed by atoms with Crippen LogP contribution in [0.2, 0.25) is 0 Å². The molecule has 0 radical (unpaired) electrons. The molecule has 0 saturated heterocycles. The number of nitrogens with zero attached hydrogens (tertiary/aromatic N) is 1. The largest absolute Gasteiger partial charge is 0.357 e. The van der Waals surface area contributed by atoms with Crippen LogP contribution in [0.1, 0.15) is 18.1 Å². The molecular weight excluding hydrogens is 351 g/mol. The van der Waals surface area contributed by atoms with E-state index in [4.69, 9.17) is 0 Å². The fourth-order valence-corrected chi connectivity index (χ4v) is 3.41. The van der Waals surface area contributed by atoms with Crippen LogP contribution < -0.4 is 5.32 Å². The Kier molecular flexibility index (Phi) is 7.66. The van der Waals surface area contributed by atoms with Crippen molar-refractivity contribution in [2.75, 3.05) is 12.8 Å². The molecule has 2 aromatic carbocycles. The molecule has 4 nitrogen and oxygen atoms in total. The number of thioether (sulfide) groups is 1. The van der Waals surface area contributed by atoms with Crippen LogP contribution in [-0.4, -0.2) is 35.6 Å². The third-order valence-electron chi connectivity index (χ3n) is 4.05. The highest BCUT2D eigenvalue weighted by Gasteiger charge is 2.25. The number of halogens is 1. The smallest absolute Gasteiger partial charge is 0.242 e. The fraction of sp³-hybridized carbons (Fsp3) is 0.300. The zero-order chi connectivity index (χ0) is 18.9. The second kappa shape index (κ2) is 9.97. The molecule has 0 aromatic heterocycles. The van der Waals surface area contributed by atoms with E-state index in [2.05, 4.69) is 5.32 Å². The number of hydrogen-bond donors (Lipinski definition) is 1. The SMILES string of the molecule is CNC(=O)C(C)N(Cc1ccccc1)C(=O)CSCc1ccccc1F. The van der Waals surface area contributed by atoms with Gasteiger partial charge in [0.2, 0.25) is 11.8 Å². The van der Waals surface area contributed by atoms with E-state index in [9.17, 15) is 14.0 Å². The third-order valence-corrected chi connectivity index (χ3v) is 5.02. The van der Waals surface area contributed by atoms with Crippen LogP contribution in [0.3, 0.4) is 0 Å². The Hall–Kier alpha value is -2.34. The molecule has 2 rings (SSSR count). The van der Waals surface area contributed by atoms with Crippen LogP contribution in [0.4, 0.5) is 4.39 Å². The quantitative estimate of drug-likeness (QED) is 0.772. The van der Waals surface area contributed by atoms with Gasteiger partial charge >= 0.3 is 0 Å². The monoisotopic (exact) mass is 374 g/mol. The molecular formula is C20H23FN2O2S. The highest BCUT2D eigenvalue weighted by Crippen LogP contribution is 2.17. The van der Waals surface area contributed by atoms with E-state index in [0.29, 0.717) is 17.9 Å². The van der Waals surface area contributed by atoms with E-state index >= 15 is 0 Å². The molecule has 0 saturated carbocycles. The summed E-state index contributed by atoms with van der Waals surface area (Å²) in [5, 5.41) is 2.59. The summed E-state index contributed by atoms with van der Waals surface area (Å²) in [6.45, 7) is 2.07. The summed E-state index contributed by atoms with van der Waals surface area (Å²) >= 11 is 1.34. The van der Waals surface area contributed by atoms with Gasteiger partial charge < -0.3 is 10.2 Å². The van der Waals surface area contributed by atoms with Crippen molar-refractivity contribution < 1.29 is 14.0 Å². The Labute approximate surface area is 157 Å². The van der Waals surface area contributed by atoms with Crippen molar-refractivity contribution in [1.82, 2.24) is 10.2 Å². The minimum atomic E-state index is -0.582. The second-order valence-corrected chi connectivity index (χ2v) is 6.87. The molecule has 6 heteroatoms. The van der Waals surface area contributed by atoms with Crippen molar-refractivity contribution in [3.05, 3.63) is 71.5 Å². The van der Waals surface area contributed by atoms with Crippen molar-refractivity contribution in [1.29, 1.82) is 0 Å². The zero-order valence-electron chi connectivity index (χ0n) is 14.9. The van der Waals surface area contributed by atoms with Crippen molar-refractivity contribution >= 4 is 23.6 Å². The Bertz CT molecular complexity index is 740. The van der Waals surface area contributed by atoms with Gasteiger partial charge in [-0.25, -0.2) is 4.39 Å². The Morgan fingerprint density at radius 3 is 2.42 bits per heavy atom. The molecule has 0 aliphatic carbocycles. The Balaban J connectivity index is 2.02. The van der Waals surface area contributed by atoms with Gasteiger partial charge in [0.05, 0.1) is 5.75 Å². The first-order valence-corrected chi connectivity index (χ1v) is 9.54. The minimum Gasteiger partial charge on any atom is -0.357 e. The number of carbonyl (C=O) groups is 2. The molecule has 0 spiro atoms. The first kappa shape index (κ1) is 20.0. The summed E-state index contributed by atoms with van der Waals surface area (Å²) in [7, 11) is 1.55. The summed E-state index contributed by atoms with van der Waals surface area (Å²) < 4.78 is 13.7. The van der Waals surface area contributed by atoms with Crippen LogP contribution in [-0.2, 0) is 21.9 Å². The maximum atomic E-state index is 13.7. The minimum absolute atomic E-state index is 0.147. The second-order valence-electron chi connectivity index (χ2n) is 5.88. The first-order valence-electron chi connectivity index (χ1n) is 8.39. The van der Waals surface area contributed by atoms with Gasteiger partial charge in [0.25, 0.3) is 0 Å². The van der Waals surface area contributed by atoms with Gasteiger partial charge in [0, 0.05) is 19.3 Å². The van der Waals surface area contributed by atoms with E-state index in [0.717, 1.165) is 5.56 Å².